The first-order valence-electron chi connectivity index (χ1n) is 4.85. The molecule has 1 heterocycles. The topological polar surface area (TPSA) is 46.2 Å². The summed E-state index contributed by atoms with van der Waals surface area (Å²) in [5.41, 5.74) is 5.75. The standard InChI is InChI=1S/C10H16BrNOS2/c1-7(5-13)6-14-9(4-12)8-2-3-10(11)15-8/h2-3,7,9,13H,4-6,12H2,1H3. The predicted molar refractivity (Wildman–Crippen MR) is 72.5 cm³/mol. The molecule has 0 aliphatic rings. The molecule has 2 nitrogen and oxygen atoms in total. The van der Waals surface area contributed by atoms with Crippen molar-refractivity contribution in [1.82, 2.24) is 0 Å². The molecule has 3 N–H and O–H groups in total. The Labute approximate surface area is 107 Å². The quantitative estimate of drug-likeness (QED) is 0.849. The van der Waals surface area contributed by atoms with E-state index < -0.39 is 0 Å². The molecule has 0 amide bonds. The molecule has 1 aromatic rings. The van der Waals surface area contributed by atoms with Crippen LogP contribution in [0, 0.1) is 5.92 Å². The average molecular weight is 310 g/mol. The van der Waals surface area contributed by atoms with E-state index in [0.29, 0.717) is 17.7 Å². The average Bonchev–Trinajstić information content (AvgIpc) is 2.65. The number of halogens is 1. The molecule has 1 rings (SSSR count). The molecule has 2 atom stereocenters. The van der Waals surface area contributed by atoms with Crippen LogP contribution in [0.5, 0.6) is 0 Å². The number of thiophene rings is 1. The maximum atomic E-state index is 8.95. The molecule has 0 saturated carbocycles. The van der Waals surface area contributed by atoms with Crippen LogP contribution in [0.3, 0.4) is 0 Å². The summed E-state index contributed by atoms with van der Waals surface area (Å²) in [6.45, 7) is 2.94. The zero-order valence-electron chi connectivity index (χ0n) is 8.65. The Balaban J connectivity index is 2.49. The van der Waals surface area contributed by atoms with Gasteiger partial charge in [-0.05, 0) is 39.7 Å². The van der Waals surface area contributed by atoms with Crippen LogP contribution in [0.4, 0.5) is 0 Å². The number of aliphatic hydroxyl groups excluding tert-OH is 1. The summed E-state index contributed by atoms with van der Waals surface area (Å²) in [5.74, 6) is 1.29. The van der Waals surface area contributed by atoms with Crippen LogP contribution in [0.2, 0.25) is 0 Å². The van der Waals surface area contributed by atoms with Crippen LogP contribution in [0.1, 0.15) is 17.1 Å². The van der Waals surface area contributed by atoms with Gasteiger partial charge in [-0.3, -0.25) is 0 Å². The highest BCUT2D eigenvalue weighted by molar-refractivity contribution is 9.11. The van der Waals surface area contributed by atoms with Gasteiger partial charge in [0.1, 0.15) is 0 Å². The Bertz CT molecular complexity index is 293. The Morgan fingerprint density at radius 1 is 1.60 bits per heavy atom. The number of rotatable bonds is 6. The molecule has 0 fully saturated rings. The predicted octanol–water partition coefficient (Wildman–Crippen LogP) is 2.87. The van der Waals surface area contributed by atoms with Crippen molar-refractivity contribution < 1.29 is 5.11 Å². The van der Waals surface area contributed by atoms with Crippen molar-refractivity contribution in [3.63, 3.8) is 0 Å². The van der Waals surface area contributed by atoms with E-state index >= 15 is 0 Å². The zero-order valence-corrected chi connectivity index (χ0v) is 11.9. The van der Waals surface area contributed by atoms with Crippen LogP contribution < -0.4 is 5.73 Å². The summed E-state index contributed by atoms with van der Waals surface area (Å²) in [5, 5.41) is 9.30. The van der Waals surface area contributed by atoms with Gasteiger partial charge in [0.25, 0.3) is 0 Å². The monoisotopic (exact) mass is 309 g/mol. The van der Waals surface area contributed by atoms with Gasteiger partial charge >= 0.3 is 0 Å². The number of hydrogen-bond acceptors (Lipinski definition) is 4. The SMILES string of the molecule is CC(CO)CSC(CN)c1ccc(Br)s1. The Hall–Kier alpha value is 0.450. The van der Waals surface area contributed by atoms with E-state index in [9.17, 15) is 0 Å². The van der Waals surface area contributed by atoms with Crippen molar-refractivity contribution in [2.24, 2.45) is 11.7 Å². The summed E-state index contributed by atoms with van der Waals surface area (Å²) in [6, 6.07) is 4.17. The van der Waals surface area contributed by atoms with E-state index in [2.05, 4.69) is 28.1 Å². The molecular weight excluding hydrogens is 294 g/mol. The van der Waals surface area contributed by atoms with Gasteiger partial charge in [-0.2, -0.15) is 11.8 Å². The summed E-state index contributed by atoms with van der Waals surface area (Å²) < 4.78 is 1.15. The molecule has 5 heteroatoms. The third kappa shape index (κ3) is 4.44. The minimum atomic E-state index is 0.248. The van der Waals surface area contributed by atoms with E-state index in [1.807, 2.05) is 18.7 Å². The summed E-state index contributed by atoms with van der Waals surface area (Å²) >= 11 is 7.01. The second kappa shape index (κ2) is 6.91. The lowest BCUT2D eigenvalue weighted by Gasteiger charge is -2.14. The molecule has 0 bridgehead atoms. The molecule has 0 aromatic carbocycles. The molecule has 2 unspecified atom stereocenters. The third-order valence-electron chi connectivity index (χ3n) is 2.02. The Kier molecular flexibility index (Phi) is 6.23. The molecule has 86 valence electrons. The fourth-order valence-corrected chi connectivity index (χ4v) is 3.91. The van der Waals surface area contributed by atoms with Crippen LogP contribution in [-0.4, -0.2) is 24.0 Å². The minimum absolute atomic E-state index is 0.248. The number of nitrogens with two attached hydrogens (primary N) is 1. The van der Waals surface area contributed by atoms with Crippen LogP contribution >= 0.6 is 39.0 Å². The Morgan fingerprint density at radius 2 is 2.33 bits per heavy atom. The normalized spacial score (nSPS) is 15.2. The van der Waals surface area contributed by atoms with Crippen molar-refractivity contribution in [1.29, 1.82) is 0 Å². The third-order valence-corrected chi connectivity index (χ3v) is 5.52. The summed E-state index contributed by atoms with van der Waals surface area (Å²) in [6.07, 6.45) is 0. The van der Waals surface area contributed by atoms with Crippen molar-refractivity contribution in [2.45, 2.75) is 12.2 Å². The van der Waals surface area contributed by atoms with Crippen molar-refractivity contribution in [2.75, 3.05) is 18.9 Å². The molecule has 0 saturated heterocycles. The molecule has 0 aliphatic heterocycles. The van der Waals surface area contributed by atoms with Gasteiger partial charge in [-0.1, -0.05) is 6.92 Å². The highest BCUT2D eigenvalue weighted by Gasteiger charge is 2.13. The fraction of sp³-hybridized carbons (Fsp3) is 0.600. The van der Waals surface area contributed by atoms with Crippen LogP contribution in [0.15, 0.2) is 15.9 Å². The lowest BCUT2D eigenvalue weighted by atomic mass is 10.2. The molecular formula is C10H16BrNOS2. The van der Waals surface area contributed by atoms with Crippen LogP contribution in [0.25, 0.3) is 0 Å². The van der Waals surface area contributed by atoms with Crippen molar-refractivity contribution in [3.05, 3.63) is 20.8 Å². The van der Waals surface area contributed by atoms with Gasteiger partial charge in [-0.25, -0.2) is 0 Å². The smallest absolute Gasteiger partial charge is 0.0701 e. The molecule has 1 aromatic heterocycles. The highest BCUT2D eigenvalue weighted by atomic mass is 79.9. The second-order valence-corrected chi connectivity index (χ2v) is 7.22. The zero-order chi connectivity index (χ0) is 11.3. The van der Waals surface area contributed by atoms with Gasteiger partial charge in [0.05, 0.1) is 9.04 Å². The van der Waals surface area contributed by atoms with Gasteiger partial charge in [-0.15, -0.1) is 11.3 Å². The molecule has 0 radical (unpaired) electrons. The largest absolute Gasteiger partial charge is 0.396 e. The lowest BCUT2D eigenvalue weighted by molar-refractivity contribution is 0.250. The van der Waals surface area contributed by atoms with E-state index in [-0.39, 0.29) is 6.61 Å². The van der Waals surface area contributed by atoms with E-state index in [1.165, 1.54) is 4.88 Å². The first kappa shape index (κ1) is 13.5. The first-order chi connectivity index (χ1) is 7.17. The first-order valence-corrected chi connectivity index (χ1v) is 7.51. The van der Waals surface area contributed by atoms with Crippen molar-refractivity contribution >= 4 is 39.0 Å². The number of thioether (sulfide) groups is 1. The van der Waals surface area contributed by atoms with Crippen molar-refractivity contribution in [3.8, 4) is 0 Å². The van der Waals surface area contributed by atoms with E-state index in [0.717, 1.165) is 9.54 Å². The van der Waals surface area contributed by atoms with E-state index in [4.69, 9.17) is 10.8 Å². The van der Waals surface area contributed by atoms with Gasteiger partial charge < -0.3 is 10.8 Å². The lowest BCUT2D eigenvalue weighted by Crippen LogP contribution is -2.11. The summed E-state index contributed by atoms with van der Waals surface area (Å²) in [7, 11) is 0. The second-order valence-electron chi connectivity index (χ2n) is 3.49. The fourth-order valence-electron chi connectivity index (χ4n) is 1.10. The molecule has 0 aliphatic carbocycles. The maximum absolute atomic E-state index is 8.95. The number of aliphatic hydroxyl groups is 1. The highest BCUT2D eigenvalue weighted by Crippen LogP contribution is 2.35. The Morgan fingerprint density at radius 3 is 2.80 bits per heavy atom. The molecule has 15 heavy (non-hydrogen) atoms. The summed E-state index contributed by atoms with van der Waals surface area (Å²) in [4.78, 5) is 1.31. The van der Waals surface area contributed by atoms with Crippen LogP contribution in [-0.2, 0) is 0 Å². The van der Waals surface area contributed by atoms with Gasteiger partial charge in [0, 0.05) is 18.0 Å². The van der Waals surface area contributed by atoms with Gasteiger partial charge in [0.15, 0.2) is 0 Å². The number of hydrogen-bond donors (Lipinski definition) is 2. The van der Waals surface area contributed by atoms with E-state index in [1.54, 1.807) is 11.3 Å². The molecule has 0 spiro atoms. The minimum Gasteiger partial charge on any atom is -0.396 e. The van der Waals surface area contributed by atoms with Gasteiger partial charge in [0.2, 0.25) is 0 Å². The maximum Gasteiger partial charge on any atom is 0.0701 e.